The van der Waals surface area contributed by atoms with E-state index in [0.717, 1.165) is 0 Å². The summed E-state index contributed by atoms with van der Waals surface area (Å²) < 4.78 is 0. The van der Waals surface area contributed by atoms with E-state index >= 15 is 0 Å². The molecule has 2 aliphatic heterocycles. The van der Waals surface area contributed by atoms with E-state index in [1.165, 1.54) is 33.6 Å². The minimum Gasteiger partial charge on any atom is -0.357 e. The zero-order valence-electron chi connectivity index (χ0n) is 24.7. The van der Waals surface area contributed by atoms with Gasteiger partial charge in [0.25, 0.3) is 0 Å². The maximum Gasteiger partial charge on any atom is 0.0551 e. The van der Waals surface area contributed by atoms with E-state index in [-0.39, 0.29) is 0 Å². The summed E-state index contributed by atoms with van der Waals surface area (Å²) in [6.45, 7) is 0. The smallest absolute Gasteiger partial charge is 0.0551 e. The van der Waals surface area contributed by atoms with Crippen LogP contribution in [0.2, 0.25) is 0 Å². The van der Waals surface area contributed by atoms with Crippen molar-refractivity contribution in [2.75, 3.05) is 9.80 Å². The van der Waals surface area contributed by atoms with Crippen molar-refractivity contribution in [3.05, 3.63) is 170 Å². The van der Waals surface area contributed by atoms with Gasteiger partial charge in [0.2, 0.25) is 0 Å². The van der Waals surface area contributed by atoms with Crippen molar-refractivity contribution in [2.45, 2.75) is 24.2 Å². The van der Waals surface area contributed by atoms with E-state index < -0.39 is 0 Å². The molecule has 6 aliphatic rings. The molecule has 8 atom stereocenters. The van der Waals surface area contributed by atoms with Crippen molar-refractivity contribution in [3.63, 3.8) is 0 Å². The SMILES string of the molecule is C1=CC2C3C=CC=CC3N(c3ccc(-c4ccc(-c5ccc(N6C7C=CC=CC7C7C=CC=CC76)cc5)cc4)cc3)C2C=C1. The maximum absolute atomic E-state index is 2.61. The molecule has 0 bridgehead atoms. The van der Waals surface area contributed by atoms with Crippen LogP contribution < -0.4 is 9.80 Å². The first-order chi connectivity index (χ1) is 21.8. The molecule has 0 spiro atoms. The summed E-state index contributed by atoms with van der Waals surface area (Å²) in [6.07, 6.45) is 36.7. The lowest BCUT2D eigenvalue weighted by Crippen LogP contribution is -2.36. The fourth-order valence-corrected chi connectivity index (χ4v) is 8.58. The third-order valence-electron chi connectivity index (χ3n) is 10.6. The highest BCUT2D eigenvalue weighted by molar-refractivity contribution is 5.73. The lowest BCUT2D eigenvalue weighted by atomic mass is 9.83. The van der Waals surface area contributed by atoms with Crippen LogP contribution in [-0.2, 0) is 0 Å². The van der Waals surface area contributed by atoms with Gasteiger partial charge >= 0.3 is 0 Å². The first-order valence-corrected chi connectivity index (χ1v) is 16.1. The molecule has 214 valence electrons. The van der Waals surface area contributed by atoms with Crippen LogP contribution in [-0.4, -0.2) is 24.2 Å². The molecule has 2 saturated heterocycles. The molecule has 2 heteroatoms. The predicted molar refractivity (Wildman–Crippen MR) is 185 cm³/mol. The Kier molecular flexibility index (Phi) is 6.07. The van der Waals surface area contributed by atoms with E-state index in [1.54, 1.807) is 0 Å². The van der Waals surface area contributed by atoms with Gasteiger partial charge in [-0.25, -0.2) is 0 Å². The monoisotopic (exact) mass is 568 g/mol. The molecule has 0 saturated carbocycles. The van der Waals surface area contributed by atoms with Crippen molar-refractivity contribution in [2.24, 2.45) is 23.7 Å². The van der Waals surface area contributed by atoms with Crippen molar-refractivity contribution in [1.29, 1.82) is 0 Å². The molecule has 2 heterocycles. The Morgan fingerprint density at radius 2 is 0.500 bits per heavy atom. The average Bonchev–Trinajstić information content (AvgIpc) is 3.62. The summed E-state index contributed by atoms with van der Waals surface area (Å²) in [5, 5.41) is 0. The molecule has 0 amide bonds. The van der Waals surface area contributed by atoms with Gasteiger partial charge in [0.05, 0.1) is 24.2 Å². The van der Waals surface area contributed by atoms with Crippen LogP contribution in [0, 0.1) is 23.7 Å². The molecule has 4 aliphatic carbocycles. The van der Waals surface area contributed by atoms with Crippen molar-refractivity contribution in [3.8, 4) is 22.3 Å². The second-order valence-corrected chi connectivity index (χ2v) is 12.8. The molecule has 44 heavy (non-hydrogen) atoms. The van der Waals surface area contributed by atoms with E-state index in [2.05, 4.69) is 180 Å². The van der Waals surface area contributed by atoms with E-state index in [9.17, 15) is 0 Å². The molecule has 0 radical (unpaired) electrons. The Morgan fingerprint density at radius 1 is 0.273 bits per heavy atom. The summed E-state index contributed by atoms with van der Waals surface area (Å²) >= 11 is 0. The quantitative estimate of drug-likeness (QED) is 0.310. The van der Waals surface area contributed by atoms with E-state index in [0.29, 0.717) is 47.8 Å². The van der Waals surface area contributed by atoms with E-state index in [4.69, 9.17) is 0 Å². The minimum atomic E-state index is 0.402. The number of hydrogen-bond acceptors (Lipinski definition) is 2. The van der Waals surface area contributed by atoms with Crippen LogP contribution in [0.15, 0.2) is 170 Å². The van der Waals surface area contributed by atoms with E-state index in [1.807, 2.05) is 0 Å². The fourth-order valence-electron chi connectivity index (χ4n) is 8.58. The summed E-state index contributed by atoms with van der Waals surface area (Å²) in [5.74, 6) is 2.11. The number of rotatable bonds is 4. The molecule has 9 rings (SSSR count). The summed E-state index contributed by atoms with van der Waals surface area (Å²) in [6, 6.07) is 29.0. The molecule has 0 aromatic heterocycles. The Balaban J connectivity index is 0.936. The Hall–Kier alpha value is -4.82. The number of nitrogens with zero attached hydrogens (tertiary/aromatic N) is 2. The number of benzene rings is 3. The molecule has 2 nitrogen and oxygen atoms in total. The number of allylic oxidation sites excluding steroid dienone is 8. The zero-order valence-corrected chi connectivity index (χ0v) is 24.7. The molecule has 0 N–H and O–H groups in total. The van der Waals surface area contributed by atoms with Crippen molar-refractivity contribution >= 4 is 11.4 Å². The zero-order chi connectivity index (χ0) is 29.0. The minimum absolute atomic E-state index is 0.402. The van der Waals surface area contributed by atoms with Gasteiger partial charge < -0.3 is 9.80 Å². The normalized spacial score (nSPS) is 31.7. The molecular weight excluding hydrogens is 532 g/mol. The largest absolute Gasteiger partial charge is 0.357 e. The van der Waals surface area contributed by atoms with Gasteiger partial charge in [-0.15, -0.1) is 0 Å². The van der Waals surface area contributed by atoms with Crippen molar-refractivity contribution < 1.29 is 0 Å². The summed E-state index contributed by atoms with van der Waals surface area (Å²) in [5.41, 5.74) is 7.59. The fraction of sp³-hybridized carbons (Fsp3) is 0.190. The van der Waals surface area contributed by atoms with Gasteiger partial charge in [0.1, 0.15) is 0 Å². The number of anilines is 2. The maximum atomic E-state index is 2.61. The molecule has 2 fully saturated rings. The van der Waals surface area contributed by atoms with Gasteiger partial charge in [-0.2, -0.15) is 0 Å². The Labute approximate surface area is 260 Å². The highest BCUT2D eigenvalue weighted by Gasteiger charge is 2.46. The van der Waals surface area contributed by atoms with Gasteiger partial charge in [-0.3, -0.25) is 0 Å². The number of fused-ring (bicyclic) bond motifs is 6. The predicted octanol–water partition coefficient (Wildman–Crippen LogP) is 9.10. The third kappa shape index (κ3) is 4.08. The standard InChI is InChI=1S/C42H36N2/c1-5-13-39-35(9-1)36-10-2-6-14-40(36)43(39)33-25-21-31(22-26-33)29-17-19-30(20-18-29)32-23-27-34(28-24-32)44-41-15-7-3-11-37(41)38-12-4-8-16-42(38)44/h1-28,35-42H. The first kappa shape index (κ1) is 25.7. The second kappa shape index (κ2) is 10.4. The summed E-state index contributed by atoms with van der Waals surface area (Å²) in [7, 11) is 0. The van der Waals surface area contributed by atoms with Gasteiger partial charge in [-0.1, -0.05) is 146 Å². The van der Waals surface area contributed by atoms with Crippen LogP contribution in [0.25, 0.3) is 22.3 Å². The Morgan fingerprint density at radius 3 is 0.773 bits per heavy atom. The second-order valence-electron chi connectivity index (χ2n) is 12.8. The van der Waals surface area contributed by atoms with Crippen LogP contribution in [0.1, 0.15) is 0 Å². The topological polar surface area (TPSA) is 6.48 Å². The molecule has 3 aromatic rings. The Bertz CT molecular complexity index is 1590. The average molecular weight is 569 g/mol. The highest BCUT2D eigenvalue weighted by atomic mass is 15.2. The van der Waals surface area contributed by atoms with Crippen LogP contribution in [0.4, 0.5) is 11.4 Å². The molecule has 8 unspecified atom stereocenters. The van der Waals surface area contributed by atoms with Crippen LogP contribution in [0.5, 0.6) is 0 Å². The molecule has 3 aromatic carbocycles. The van der Waals surface area contributed by atoms with Crippen LogP contribution in [0.3, 0.4) is 0 Å². The van der Waals surface area contributed by atoms with Gasteiger partial charge in [0, 0.05) is 35.0 Å². The summed E-state index contributed by atoms with van der Waals surface area (Å²) in [4.78, 5) is 5.22. The van der Waals surface area contributed by atoms with Crippen molar-refractivity contribution in [1.82, 2.24) is 0 Å². The number of hydrogen-bond donors (Lipinski definition) is 0. The lowest BCUT2D eigenvalue weighted by molar-refractivity contribution is 0.527. The first-order valence-electron chi connectivity index (χ1n) is 16.1. The van der Waals surface area contributed by atoms with Gasteiger partial charge in [-0.05, 0) is 46.5 Å². The third-order valence-corrected chi connectivity index (χ3v) is 10.6. The molecular formula is C42H36N2. The van der Waals surface area contributed by atoms with Crippen LogP contribution >= 0.6 is 0 Å². The highest BCUT2D eigenvalue weighted by Crippen LogP contribution is 2.46. The lowest BCUT2D eigenvalue weighted by Gasteiger charge is -2.32. The van der Waals surface area contributed by atoms with Gasteiger partial charge in [0.15, 0.2) is 0 Å².